The van der Waals surface area contributed by atoms with E-state index >= 15 is 0 Å². The number of carboxylic acid groups (broad SMARTS) is 1. The van der Waals surface area contributed by atoms with E-state index in [0.29, 0.717) is 18.1 Å². The Morgan fingerprint density at radius 3 is 2.62 bits per heavy atom. The molecule has 114 valence electrons. The molecule has 1 aromatic carbocycles. The number of nitriles is 1. The molecule has 0 spiro atoms. The summed E-state index contributed by atoms with van der Waals surface area (Å²) in [6, 6.07) is 6.79. The lowest BCUT2D eigenvalue weighted by atomic mass is 9.89. The molecule has 0 bridgehead atoms. The van der Waals surface area contributed by atoms with Gasteiger partial charge in [-0.05, 0) is 51.3 Å². The molecule has 0 radical (unpaired) electrons. The van der Waals surface area contributed by atoms with Crippen molar-refractivity contribution in [2.24, 2.45) is 5.41 Å². The second kappa shape index (κ2) is 7.53. The van der Waals surface area contributed by atoms with Crippen LogP contribution in [0.5, 0.6) is 11.5 Å². The van der Waals surface area contributed by atoms with Crippen LogP contribution in [0.1, 0.15) is 43.5 Å². The van der Waals surface area contributed by atoms with E-state index < -0.39 is 5.97 Å². The molecule has 0 heterocycles. The van der Waals surface area contributed by atoms with Crippen LogP contribution in [0.2, 0.25) is 0 Å². The Hall–Kier alpha value is -2.22. The molecule has 1 N–H and O–H groups in total. The summed E-state index contributed by atoms with van der Waals surface area (Å²) in [5, 5.41) is 17.8. The molecular weight excluding hydrogens is 270 g/mol. The van der Waals surface area contributed by atoms with Gasteiger partial charge in [-0.3, -0.25) is 0 Å². The predicted molar refractivity (Wildman–Crippen MR) is 78.7 cm³/mol. The van der Waals surface area contributed by atoms with Crippen molar-refractivity contribution in [2.45, 2.75) is 33.1 Å². The van der Waals surface area contributed by atoms with Gasteiger partial charge in [-0.2, -0.15) is 5.26 Å². The number of methoxy groups -OCH3 is 1. The van der Waals surface area contributed by atoms with Crippen LogP contribution in [0, 0.1) is 16.7 Å². The average Bonchev–Trinajstić information content (AvgIpc) is 2.46. The molecule has 0 saturated carbocycles. The Labute approximate surface area is 125 Å². The lowest BCUT2D eigenvalue weighted by Gasteiger charge is -2.15. The number of ether oxygens (including phenoxy) is 2. The highest BCUT2D eigenvalue weighted by atomic mass is 16.5. The van der Waals surface area contributed by atoms with Gasteiger partial charge in [0.2, 0.25) is 0 Å². The van der Waals surface area contributed by atoms with Crippen molar-refractivity contribution in [3.05, 3.63) is 23.8 Å². The van der Waals surface area contributed by atoms with Gasteiger partial charge < -0.3 is 14.6 Å². The summed E-state index contributed by atoms with van der Waals surface area (Å²) in [6.45, 7) is 4.34. The monoisotopic (exact) mass is 291 g/mol. The first-order valence-electron chi connectivity index (χ1n) is 6.85. The maximum Gasteiger partial charge on any atom is 0.335 e. The predicted octanol–water partition coefficient (Wildman–Crippen LogP) is 3.49. The molecule has 0 aromatic heterocycles. The molecule has 5 heteroatoms. The van der Waals surface area contributed by atoms with Gasteiger partial charge in [0.05, 0.1) is 30.8 Å². The summed E-state index contributed by atoms with van der Waals surface area (Å²) in [5.74, 6) is -0.0621. The third-order valence-electron chi connectivity index (χ3n) is 3.17. The molecule has 1 aromatic rings. The highest BCUT2D eigenvalue weighted by Gasteiger charge is 2.15. The van der Waals surface area contributed by atoms with Crippen molar-refractivity contribution >= 4 is 5.97 Å². The van der Waals surface area contributed by atoms with Gasteiger partial charge in [-0.1, -0.05) is 0 Å². The fourth-order valence-electron chi connectivity index (χ4n) is 1.83. The number of rotatable bonds is 8. The number of hydrogen-bond acceptors (Lipinski definition) is 4. The summed E-state index contributed by atoms with van der Waals surface area (Å²) < 4.78 is 10.7. The second-order valence-electron chi connectivity index (χ2n) is 5.47. The number of unbranched alkanes of at least 4 members (excludes halogenated alkanes) is 1. The van der Waals surface area contributed by atoms with Crippen LogP contribution >= 0.6 is 0 Å². The van der Waals surface area contributed by atoms with Gasteiger partial charge >= 0.3 is 5.97 Å². The van der Waals surface area contributed by atoms with E-state index in [1.165, 1.54) is 19.2 Å². The Bertz CT molecular complexity index is 532. The van der Waals surface area contributed by atoms with Crippen molar-refractivity contribution in [2.75, 3.05) is 13.7 Å². The zero-order chi connectivity index (χ0) is 15.9. The van der Waals surface area contributed by atoms with E-state index in [1.54, 1.807) is 6.07 Å². The number of benzene rings is 1. The molecule has 0 amide bonds. The van der Waals surface area contributed by atoms with Gasteiger partial charge in [0, 0.05) is 0 Å². The highest BCUT2D eigenvalue weighted by Crippen LogP contribution is 2.28. The summed E-state index contributed by atoms with van der Waals surface area (Å²) in [5.41, 5.74) is -0.143. The third-order valence-corrected chi connectivity index (χ3v) is 3.17. The summed E-state index contributed by atoms with van der Waals surface area (Å²) in [4.78, 5) is 10.9. The van der Waals surface area contributed by atoms with Crippen LogP contribution in [0.25, 0.3) is 0 Å². The maximum atomic E-state index is 10.9. The normalized spacial score (nSPS) is 10.8. The molecule has 0 fully saturated rings. The minimum absolute atomic E-state index is 0.162. The van der Waals surface area contributed by atoms with Gasteiger partial charge in [0.25, 0.3) is 0 Å². The minimum atomic E-state index is -1.00. The van der Waals surface area contributed by atoms with E-state index in [9.17, 15) is 4.79 Å². The fraction of sp³-hybridized carbons (Fsp3) is 0.500. The Morgan fingerprint density at radius 2 is 2.05 bits per heavy atom. The van der Waals surface area contributed by atoms with Crippen LogP contribution in [0.15, 0.2) is 18.2 Å². The molecule has 5 nitrogen and oxygen atoms in total. The topological polar surface area (TPSA) is 79.6 Å². The molecule has 0 atom stereocenters. The van der Waals surface area contributed by atoms with E-state index in [4.69, 9.17) is 19.8 Å². The van der Waals surface area contributed by atoms with Crippen LogP contribution < -0.4 is 9.47 Å². The zero-order valence-electron chi connectivity index (χ0n) is 12.7. The van der Waals surface area contributed by atoms with Gasteiger partial charge in [0.1, 0.15) is 0 Å². The smallest absolute Gasteiger partial charge is 0.335 e. The molecule has 0 aliphatic carbocycles. The first kappa shape index (κ1) is 16.8. The van der Waals surface area contributed by atoms with Crippen LogP contribution in [-0.4, -0.2) is 24.8 Å². The van der Waals surface area contributed by atoms with Crippen LogP contribution in [0.4, 0.5) is 0 Å². The van der Waals surface area contributed by atoms with E-state index in [2.05, 4.69) is 6.07 Å². The first-order chi connectivity index (χ1) is 9.89. The molecular formula is C16H21NO4. The molecule has 0 saturated heterocycles. The minimum Gasteiger partial charge on any atom is -0.493 e. The standard InChI is InChI=1S/C16H21NO4/c1-16(2,11-17)8-4-5-9-21-13-7-6-12(15(18)19)10-14(13)20-3/h6-7,10H,4-5,8-9H2,1-3H3,(H,18,19). The lowest BCUT2D eigenvalue weighted by molar-refractivity contribution is 0.0696. The number of carboxylic acids is 1. The summed E-state index contributed by atoms with van der Waals surface area (Å²) >= 11 is 0. The Balaban J connectivity index is 2.49. The van der Waals surface area contributed by atoms with E-state index in [1.807, 2.05) is 13.8 Å². The second-order valence-corrected chi connectivity index (χ2v) is 5.47. The van der Waals surface area contributed by atoms with Gasteiger partial charge in [-0.25, -0.2) is 4.79 Å². The Morgan fingerprint density at radius 1 is 1.33 bits per heavy atom. The van der Waals surface area contributed by atoms with Crippen molar-refractivity contribution in [1.29, 1.82) is 5.26 Å². The summed E-state index contributed by atoms with van der Waals surface area (Å²) in [6.07, 6.45) is 2.55. The molecule has 0 aliphatic rings. The first-order valence-corrected chi connectivity index (χ1v) is 6.85. The van der Waals surface area contributed by atoms with E-state index in [0.717, 1.165) is 19.3 Å². The largest absolute Gasteiger partial charge is 0.493 e. The van der Waals surface area contributed by atoms with Gasteiger partial charge in [0.15, 0.2) is 11.5 Å². The highest BCUT2D eigenvalue weighted by molar-refractivity contribution is 5.88. The quantitative estimate of drug-likeness (QED) is 0.741. The molecule has 0 unspecified atom stereocenters. The van der Waals surface area contributed by atoms with E-state index in [-0.39, 0.29) is 11.0 Å². The van der Waals surface area contributed by atoms with Crippen molar-refractivity contribution in [1.82, 2.24) is 0 Å². The lowest BCUT2D eigenvalue weighted by Crippen LogP contribution is -2.08. The Kier molecular flexibility index (Phi) is 6.04. The third kappa shape index (κ3) is 5.35. The zero-order valence-corrected chi connectivity index (χ0v) is 12.7. The van der Waals surface area contributed by atoms with Crippen molar-refractivity contribution < 1.29 is 19.4 Å². The number of nitrogens with zero attached hydrogens (tertiary/aromatic N) is 1. The van der Waals surface area contributed by atoms with Crippen LogP contribution in [0.3, 0.4) is 0 Å². The number of hydrogen-bond donors (Lipinski definition) is 1. The molecule has 1 rings (SSSR count). The fourth-order valence-corrected chi connectivity index (χ4v) is 1.83. The summed E-state index contributed by atoms with van der Waals surface area (Å²) in [7, 11) is 1.48. The molecule has 0 aliphatic heterocycles. The van der Waals surface area contributed by atoms with Gasteiger partial charge in [-0.15, -0.1) is 0 Å². The number of aromatic carboxylic acids is 1. The van der Waals surface area contributed by atoms with Crippen molar-refractivity contribution in [3.8, 4) is 17.6 Å². The van der Waals surface area contributed by atoms with Crippen LogP contribution in [-0.2, 0) is 0 Å². The number of carbonyl (C=O) groups is 1. The average molecular weight is 291 g/mol. The molecule has 21 heavy (non-hydrogen) atoms. The van der Waals surface area contributed by atoms with Crippen molar-refractivity contribution in [3.63, 3.8) is 0 Å². The maximum absolute atomic E-state index is 10.9. The SMILES string of the molecule is COc1cc(C(=O)O)ccc1OCCCCC(C)(C)C#N.